The van der Waals surface area contributed by atoms with Crippen LogP contribution in [-0.2, 0) is 21.3 Å². The quantitative estimate of drug-likeness (QED) is 0.588. The first kappa shape index (κ1) is 15.0. The lowest BCUT2D eigenvalue weighted by atomic mass is 10.1. The van der Waals surface area contributed by atoms with Crippen LogP contribution in [0.25, 0.3) is 0 Å². The van der Waals surface area contributed by atoms with E-state index in [0.717, 1.165) is 5.56 Å². The summed E-state index contributed by atoms with van der Waals surface area (Å²) < 4.78 is 30.6. The Morgan fingerprint density at radius 3 is 2.38 bits per heavy atom. The van der Waals surface area contributed by atoms with Crippen LogP contribution in [0.3, 0.4) is 0 Å². The normalized spacial score (nSPS) is 11.1. The molecular weight excluding hydrogens is 292 g/mol. The largest absolute Gasteiger partial charge is 0.399 e. The van der Waals surface area contributed by atoms with Crippen molar-refractivity contribution in [1.29, 1.82) is 0 Å². The number of benzene rings is 2. The highest BCUT2D eigenvalue weighted by atomic mass is 32.2. The van der Waals surface area contributed by atoms with Crippen molar-refractivity contribution in [2.75, 3.05) is 11.1 Å². The van der Waals surface area contributed by atoms with Crippen molar-refractivity contribution in [3.8, 4) is 0 Å². The van der Waals surface area contributed by atoms with Gasteiger partial charge in [0.25, 0.3) is 10.1 Å². The van der Waals surface area contributed by atoms with Gasteiger partial charge in [0, 0.05) is 11.4 Å². The van der Waals surface area contributed by atoms with Gasteiger partial charge in [0.2, 0.25) is 5.91 Å². The van der Waals surface area contributed by atoms with Crippen LogP contribution >= 0.6 is 0 Å². The molecule has 0 radical (unpaired) electrons. The molecule has 0 spiro atoms. The Kier molecular flexibility index (Phi) is 4.25. The lowest BCUT2D eigenvalue weighted by molar-refractivity contribution is -0.115. The lowest BCUT2D eigenvalue weighted by Crippen LogP contribution is -2.14. The second-order valence-electron chi connectivity index (χ2n) is 4.47. The average Bonchev–Trinajstić information content (AvgIpc) is 2.38. The minimum Gasteiger partial charge on any atom is -0.399 e. The van der Waals surface area contributed by atoms with Gasteiger partial charge in [-0.2, -0.15) is 8.42 Å². The maximum Gasteiger partial charge on any atom is 0.294 e. The van der Waals surface area contributed by atoms with Gasteiger partial charge in [-0.05, 0) is 42.0 Å². The predicted molar refractivity (Wildman–Crippen MR) is 79.4 cm³/mol. The molecule has 0 heterocycles. The van der Waals surface area contributed by atoms with Crippen LogP contribution in [0.5, 0.6) is 0 Å². The number of carbonyl (C=O) groups is 1. The van der Waals surface area contributed by atoms with Gasteiger partial charge in [-0.1, -0.05) is 12.1 Å². The molecule has 0 atom stereocenters. The van der Waals surface area contributed by atoms with Gasteiger partial charge < -0.3 is 11.1 Å². The number of rotatable bonds is 4. The molecule has 2 aromatic carbocycles. The second kappa shape index (κ2) is 5.94. The fourth-order valence-corrected chi connectivity index (χ4v) is 2.28. The van der Waals surface area contributed by atoms with Crippen molar-refractivity contribution >= 4 is 27.4 Å². The number of carbonyl (C=O) groups excluding carboxylic acids is 1. The third-order valence-electron chi connectivity index (χ3n) is 2.75. The Morgan fingerprint density at radius 1 is 1.14 bits per heavy atom. The summed E-state index contributed by atoms with van der Waals surface area (Å²) in [6.45, 7) is 0. The number of amides is 1. The van der Waals surface area contributed by atoms with Gasteiger partial charge >= 0.3 is 0 Å². The van der Waals surface area contributed by atoms with Gasteiger partial charge in [0.1, 0.15) is 0 Å². The smallest absolute Gasteiger partial charge is 0.294 e. The highest BCUT2D eigenvalue weighted by molar-refractivity contribution is 7.85. The third-order valence-corrected chi connectivity index (χ3v) is 3.62. The van der Waals surface area contributed by atoms with E-state index in [-0.39, 0.29) is 17.2 Å². The molecule has 0 aromatic heterocycles. The molecule has 0 fully saturated rings. The second-order valence-corrected chi connectivity index (χ2v) is 5.89. The molecule has 21 heavy (non-hydrogen) atoms. The zero-order chi connectivity index (χ0) is 15.5. The summed E-state index contributed by atoms with van der Waals surface area (Å²) in [4.78, 5) is 11.6. The summed E-state index contributed by atoms with van der Waals surface area (Å²) in [7, 11) is -4.23. The van der Waals surface area contributed by atoms with Crippen molar-refractivity contribution in [2.45, 2.75) is 11.3 Å². The number of nitrogen functional groups attached to an aromatic ring is 1. The maximum atomic E-state index is 11.9. The molecule has 0 saturated heterocycles. The number of nitrogens with two attached hydrogens (primary N) is 1. The molecule has 0 aliphatic carbocycles. The first-order chi connectivity index (χ1) is 9.84. The van der Waals surface area contributed by atoms with E-state index in [1.54, 1.807) is 24.3 Å². The molecule has 0 aliphatic rings. The standard InChI is InChI=1S/C14H14N2O4S/c15-11-3-1-2-10(8-11)9-14(17)16-12-4-6-13(7-5-12)21(18,19)20/h1-8H,9,15H2,(H,16,17)(H,18,19,20). The van der Waals surface area contributed by atoms with E-state index < -0.39 is 10.1 Å². The number of nitrogens with one attached hydrogen (secondary N) is 1. The number of anilines is 2. The average molecular weight is 306 g/mol. The summed E-state index contributed by atoms with van der Waals surface area (Å²) in [5.41, 5.74) is 7.43. The molecule has 6 nitrogen and oxygen atoms in total. The number of hydrogen-bond donors (Lipinski definition) is 3. The highest BCUT2D eigenvalue weighted by Gasteiger charge is 2.09. The Balaban J connectivity index is 2.03. The molecule has 110 valence electrons. The Morgan fingerprint density at radius 2 is 1.81 bits per heavy atom. The van der Waals surface area contributed by atoms with E-state index in [1.165, 1.54) is 24.3 Å². The SMILES string of the molecule is Nc1cccc(CC(=O)Nc2ccc(S(=O)(=O)O)cc2)c1. The van der Waals surface area contributed by atoms with Gasteiger partial charge in [-0.3, -0.25) is 9.35 Å². The van der Waals surface area contributed by atoms with E-state index in [1.807, 2.05) is 0 Å². The number of hydrogen-bond acceptors (Lipinski definition) is 4. The third kappa shape index (κ3) is 4.30. The molecule has 0 aliphatic heterocycles. The highest BCUT2D eigenvalue weighted by Crippen LogP contribution is 2.14. The molecule has 2 rings (SSSR count). The molecule has 0 saturated carbocycles. The van der Waals surface area contributed by atoms with Crippen LogP contribution in [0.15, 0.2) is 53.4 Å². The first-order valence-electron chi connectivity index (χ1n) is 6.06. The summed E-state index contributed by atoms with van der Waals surface area (Å²) in [6.07, 6.45) is 0.158. The topological polar surface area (TPSA) is 109 Å². The molecule has 7 heteroatoms. The van der Waals surface area contributed by atoms with Crippen molar-refractivity contribution in [3.05, 3.63) is 54.1 Å². The fraction of sp³-hybridized carbons (Fsp3) is 0.0714. The van der Waals surface area contributed by atoms with Crippen molar-refractivity contribution < 1.29 is 17.8 Å². The molecule has 0 bridgehead atoms. The summed E-state index contributed by atoms with van der Waals surface area (Å²) in [6, 6.07) is 12.2. The Bertz CT molecular complexity index is 755. The molecular formula is C14H14N2O4S. The van der Waals surface area contributed by atoms with Crippen LogP contribution in [0, 0.1) is 0 Å². The van der Waals surface area contributed by atoms with Gasteiger partial charge in [-0.15, -0.1) is 0 Å². The minimum atomic E-state index is -4.23. The zero-order valence-electron chi connectivity index (χ0n) is 11.0. The van der Waals surface area contributed by atoms with E-state index in [4.69, 9.17) is 10.3 Å². The van der Waals surface area contributed by atoms with E-state index in [0.29, 0.717) is 11.4 Å². The van der Waals surface area contributed by atoms with Gasteiger partial charge in [0.15, 0.2) is 0 Å². The van der Waals surface area contributed by atoms with Crippen LogP contribution in [0.4, 0.5) is 11.4 Å². The van der Waals surface area contributed by atoms with Gasteiger partial charge in [-0.25, -0.2) is 0 Å². The minimum absolute atomic E-state index is 0.158. The van der Waals surface area contributed by atoms with E-state index >= 15 is 0 Å². The zero-order valence-corrected chi connectivity index (χ0v) is 11.8. The lowest BCUT2D eigenvalue weighted by Gasteiger charge is -2.06. The van der Waals surface area contributed by atoms with Crippen molar-refractivity contribution in [3.63, 3.8) is 0 Å². The Hall–Kier alpha value is -2.38. The van der Waals surface area contributed by atoms with E-state index in [2.05, 4.69) is 5.32 Å². The van der Waals surface area contributed by atoms with Crippen molar-refractivity contribution in [1.82, 2.24) is 0 Å². The maximum absolute atomic E-state index is 11.9. The summed E-state index contributed by atoms with van der Waals surface area (Å²) in [5.74, 6) is -0.250. The molecule has 2 aromatic rings. The molecule has 1 amide bonds. The van der Waals surface area contributed by atoms with Crippen LogP contribution in [-0.4, -0.2) is 18.9 Å². The van der Waals surface area contributed by atoms with Crippen LogP contribution < -0.4 is 11.1 Å². The van der Waals surface area contributed by atoms with Gasteiger partial charge in [0.05, 0.1) is 11.3 Å². The monoisotopic (exact) mass is 306 g/mol. The first-order valence-corrected chi connectivity index (χ1v) is 7.50. The van der Waals surface area contributed by atoms with Crippen LogP contribution in [0.1, 0.15) is 5.56 Å². The van der Waals surface area contributed by atoms with Crippen molar-refractivity contribution in [2.24, 2.45) is 0 Å². The summed E-state index contributed by atoms with van der Waals surface area (Å²) in [5, 5.41) is 2.63. The fourth-order valence-electron chi connectivity index (χ4n) is 1.80. The van der Waals surface area contributed by atoms with E-state index in [9.17, 15) is 13.2 Å². The molecule has 4 N–H and O–H groups in total. The Labute approximate surface area is 122 Å². The summed E-state index contributed by atoms with van der Waals surface area (Å²) >= 11 is 0. The molecule has 0 unspecified atom stereocenters. The predicted octanol–water partition coefficient (Wildman–Crippen LogP) is 1.70. The van der Waals surface area contributed by atoms with Crippen LogP contribution in [0.2, 0.25) is 0 Å².